The van der Waals surface area contributed by atoms with Crippen molar-refractivity contribution in [3.63, 3.8) is 0 Å². The molecule has 4 rings (SSSR count). The average Bonchev–Trinajstić information content (AvgIpc) is 3.24. The van der Waals surface area contributed by atoms with Crippen LogP contribution in [0.4, 0.5) is 17.3 Å². The average molecular weight is 573 g/mol. The van der Waals surface area contributed by atoms with Gasteiger partial charge >= 0.3 is 0 Å². The molecule has 9 heteroatoms. The Morgan fingerprint density at radius 1 is 1.20 bits per heavy atom. The first-order chi connectivity index (χ1) is 19.2. The first kappa shape index (κ1) is 30.5. The minimum Gasteiger partial charge on any atom is -0.481 e. The number of rotatable bonds is 9. The zero-order valence-corrected chi connectivity index (χ0v) is 27.2. The predicted octanol–water partition coefficient (Wildman–Crippen LogP) is 7.37. The lowest BCUT2D eigenvalue weighted by Gasteiger charge is -2.39. The fraction of sp³-hybridized carbons (Fsp3) is 0.500. The third-order valence-electron chi connectivity index (χ3n) is 8.36. The maximum absolute atomic E-state index is 10.1. The van der Waals surface area contributed by atoms with Gasteiger partial charge in [0.2, 0.25) is 11.8 Å². The Hall–Kier alpha value is -3.48. The van der Waals surface area contributed by atoms with E-state index in [0.29, 0.717) is 36.5 Å². The molecule has 2 N–H and O–H groups in total. The minimum absolute atomic E-state index is 0.120. The highest BCUT2D eigenvalue weighted by atomic mass is 28.4. The molecule has 3 aromatic rings. The second-order valence-corrected chi connectivity index (χ2v) is 18.1. The molecule has 0 saturated heterocycles. The number of aryl methyl sites for hydroxylation is 1. The van der Waals surface area contributed by atoms with Gasteiger partial charge in [-0.2, -0.15) is 5.26 Å². The van der Waals surface area contributed by atoms with Crippen LogP contribution in [0.15, 0.2) is 30.5 Å². The molecular weight excluding hydrogens is 528 g/mol. The van der Waals surface area contributed by atoms with Crippen molar-refractivity contribution < 1.29 is 9.16 Å². The van der Waals surface area contributed by atoms with Crippen molar-refractivity contribution in [1.82, 2.24) is 15.0 Å². The van der Waals surface area contributed by atoms with E-state index in [0.717, 1.165) is 45.9 Å². The number of pyridine rings is 1. The molecule has 1 aliphatic rings. The highest BCUT2D eigenvalue weighted by molar-refractivity contribution is 6.74. The van der Waals surface area contributed by atoms with Crippen molar-refractivity contribution in [2.24, 2.45) is 5.92 Å². The molecule has 0 spiro atoms. The summed E-state index contributed by atoms with van der Waals surface area (Å²) in [7, 11) is -0.306. The lowest BCUT2D eigenvalue weighted by molar-refractivity contribution is 0.220. The Bertz CT molecular complexity index is 1470. The van der Waals surface area contributed by atoms with Crippen molar-refractivity contribution in [2.75, 3.05) is 30.9 Å². The molecule has 1 aliphatic heterocycles. The van der Waals surface area contributed by atoms with Gasteiger partial charge in [-0.25, -0.2) is 15.0 Å². The Balaban J connectivity index is 1.69. The number of hydrogen-bond donors (Lipinski definition) is 2. The molecule has 0 unspecified atom stereocenters. The molecule has 0 aliphatic carbocycles. The highest BCUT2D eigenvalue weighted by Gasteiger charge is 2.42. The van der Waals surface area contributed by atoms with Crippen molar-refractivity contribution in [1.29, 1.82) is 5.26 Å². The van der Waals surface area contributed by atoms with Crippen molar-refractivity contribution in [3.05, 3.63) is 52.8 Å². The molecule has 2 aromatic heterocycles. The van der Waals surface area contributed by atoms with Gasteiger partial charge in [-0.1, -0.05) is 41.5 Å². The summed E-state index contributed by atoms with van der Waals surface area (Å²) < 4.78 is 12.1. The van der Waals surface area contributed by atoms with Gasteiger partial charge in [0.1, 0.15) is 6.07 Å². The van der Waals surface area contributed by atoms with Crippen LogP contribution in [-0.4, -0.2) is 43.5 Å². The van der Waals surface area contributed by atoms with Gasteiger partial charge < -0.3 is 19.8 Å². The first-order valence-electron chi connectivity index (χ1n) is 14.3. The normalized spacial score (nSPS) is 16.7. The summed E-state index contributed by atoms with van der Waals surface area (Å²) in [6, 6.07) is 10.4. The van der Waals surface area contributed by atoms with E-state index in [1.807, 2.05) is 25.1 Å². The van der Waals surface area contributed by atoms with E-state index >= 15 is 0 Å². The van der Waals surface area contributed by atoms with Crippen LogP contribution in [0.3, 0.4) is 0 Å². The number of ether oxygens (including phenoxy) is 1. The second kappa shape index (κ2) is 11.4. The van der Waals surface area contributed by atoms with E-state index in [1.165, 1.54) is 0 Å². The maximum Gasteiger partial charge on any atom is 0.227 e. The standard InChI is InChI=1S/C32H44N6O2Si/c1-20(2)13-26-27(14-21(3)29(36-26)39-8)38-30-34-12-11-25(37-30)22-15-23(17-33)28-24(16-22)32(7,18-35-28)19-40-41(9,10)31(4,5)6/h11-12,14-16,20,35H,13,18-19H2,1-10H3,(H,34,37,38)/t32-/m1/s1. The Kier molecular flexibility index (Phi) is 8.49. The molecule has 3 heterocycles. The van der Waals surface area contributed by atoms with Crippen LogP contribution in [0.25, 0.3) is 11.3 Å². The summed E-state index contributed by atoms with van der Waals surface area (Å²) in [4.78, 5) is 14.1. The van der Waals surface area contributed by atoms with Crippen LogP contribution < -0.4 is 15.4 Å². The molecule has 0 bridgehead atoms. The predicted molar refractivity (Wildman–Crippen MR) is 169 cm³/mol. The third-order valence-corrected chi connectivity index (χ3v) is 12.8. The molecule has 8 nitrogen and oxygen atoms in total. The van der Waals surface area contributed by atoms with Crippen molar-refractivity contribution >= 4 is 25.6 Å². The molecule has 1 aromatic carbocycles. The Labute approximate surface area is 246 Å². The van der Waals surface area contributed by atoms with Crippen LogP contribution in [0.1, 0.15) is 63.9 Å². The van der Waals surface area contributed by atoms with Crippen molar-refractivity contribution in [2.45, 2.75) is 78.4 Å². The number of anilines is 3. The van der Waals surface area contributed by atoms with Crippen LogP contribution in [0.5, 0.6) is 5.88 Å². The number of nitrogens with one attached hydrogen (secondary N) is 2. The highest BCUT2D eigenvalue weighted by Crippen LogP contribution is 2.44. The molecule has 0 amide bonds. The number of methoxy groups -OCH3 is 1. The topological polar surface area (TPSA) is 105 Å². The van der Waals surface area contributed by atoms with Crippen LogP contribution in [0, 0.1) is 24.2 Å². The van der Waals surface area contributed by atoms with E-state index in [4.69, 9.17) is 19.1 Å². The Morgan fingerprint density at radius 3 is 2.56 bits per heavy atom. The van der Waals surface area contributed by atoms with E-state index in [2.05, 4.69) is 82.4 Å². The van der Waals surface area contributed by atoms with Crippen LogP contribution >= 0.6 is 0 Å². The minimum atomic E-state index is -1.94. The molecule has 0 saturated carbocycles. The lowest BCUT2D eigenvalue weighted by Crippen LogP contribution is -2.45. The van der Waals surface area contributed by atoms with Crippen LogP contribution in [-0.2, 0) is 16.3 Å². The molecule has 0 radical (unpaired) electrons. The summed E-state index contributed by atoms with van der Waals surface area (Å²) >= 11 is 0. The third kappa shape index (κ3) is 6.39. The summed E-state index contributed by atoms with van der Waals surface area (Å²) in [5.41, 5.74) is 6.64. The zero-order valence-electron chi connectivity index (χ0n) is 26.2. The molecular formula is C32H44N6O2Si. The molecule has 218 valence electrons. The number of benzene rings is 1. The summed E-state index contributed by atoms with van der Waals surface area (Å²) in [6.07, 6.45) is 2.53. The van der Waals surface area contributed by atoms with Crippen molar-refractivity contribution in [3.8, 4) is 23.2 Å². The summed E-state index contributed by atoms with van der Waals surface area (Å²) in [6.45, 7) is 21.1. The van der Waals surface area contributed by atoms with E-state index in [9.17, 15) is 5.26 Å². The second-order valence-electron chi connectivity index (χ2n) is 13.3. The molecule has 1 atom stereocenters. The van der Waals surface area contributed by atoms with E-state index in [1.54, 1.807) is 13.3 Å². The molecule has 41 heavy (non-hydrogen) atoms. The summed E-state index contributed by atoms with van der Waals surface area (Å²) in [5, 5.41) is 17.1. The quantitative estimate of drug-likeness (QED) is 0.256. The summed E-state index contributed by atoms with van der Waals surface area (Å²) in [5.74, 6) is 1.51. The number of fused-ring (bicyclic) bond motifs is 1. The fourth-order valence-electron chi connectivity index (χ4n) is 4.80. The fourth-order valence-corrected chi connectivity index (χ4v) is 5.91. The van der Waals surface area contributed by atoms with Gasteiger partial charge in [-0.05, 0) is 67.2 Å². The van der Waals surface area contributed by atoms with Crippen LogP contribution in [0.2, 0.25) is 18.1 Å². The van der Waals surface area contributed by atoms with Gasteiger partial charge in [0.25, 0.3) is 0 Å². The zero-order chi connectivity index (χ0) is 30.2. The van der Waals surface area contributed by atoms with Gasteiger partial charge in [0.15, 0.2) is 8.32 Å². The number of nitriles is 1. The van der Waals surface area contributed by atoms with E-state index < -0.39 is 8.32 Å². The van der Waals surface area contributed by atoms with Gasteiger partial charge in [-0.3, -0.25) is 0 Å². The first-order valence-corrected chi connectivity index (χ1v) is 17.2. The van der Waals surface area contributed by atoms with Gasteiger partial charge in [0, 0.05) is 35.9 Å². The monoisotopic (exact) mass is 572 g/mol. The number of aromatic nitrogens is 3. The Morgan fingerprint density at radius 2 is 1.93 bits per heavy atom. The largest absolute Gasteiger partial charge is 0.481 e. The smallest absolute Gasteiger partial charge is 0.227 e. The molecule has 0 fully saturated rings. The SMILES string of the molecule is COc1nc(CC(C)C)c(Nc2nccc(-c3cc(C#N)c4c(c3)[C@@](C)(CO[Si](C)(C)C(C)(C)C)CN4)n2)cc1C. The maximum atomic E-state index is 10.1. The van der Waals surface area contributed by atoms with E-state index in [-0.39, 0.29) is 10.5 Å². The van der Waals surface area contributed by atoms with Gasteiger partial charge in [0.05, 0.1) is 35.4 Å². The van der Waals surface area contributed by atoms with Gasteiger partial charge in [-0.15, -0.1) is 0 Å². The number of hydrogen-bond acceptors (Lipinski definition) is 8. The lowest BCUT2D eigenvalue weighted by atomic mass is 9.83. The number of nitrogens with zero attached hydrogens (tertiary/aromatic N) is 4.